The van der Waals surface area contributed by atoms with Gasteiger partial charge in [0.1, 0.15) is 0 Å². The lowest BCUT2D eigenvalue weighted by Crippen LogP contribution is -2.49. The standard InChI is InChI=1S/C18H16Cl2N4O/c19-12-5-6-13(14(20)11-12)17(25)23-7-9-24(10-8-23)18-21-15-3-1-2-4-16(15)22-18/h1-6,11H,7-10H2,(H,21,22). The average molecular weight is 375 g/mol. The third-order valence-corrected chi connectivity index (χ3v) is 4.95. The van der Waals surface area contributed by atoms with Crippen LogP contribution in [0.5, 0.6) is 0 Å². The second kappa shape index (κ2) is 6.58. The van der Waals surface area contributed by atoms with Crippen LogP contribution in [0.25, 0.3) is 11.0 Å². The molecule has 1 N–H and O–H groups in total. The molecule has 1 aliphatic heterocycles. The summed E-state index contributed by atoms with van der Waals surface area (Å²) < 4.78 is 0. The third-order valence-electron chi connectivity index (χ3n) is 4.40. The Bertz CT molecular complexity index is 899. The number of H-pyrrole nitrogens is 1. The summed E-state index contributed by atoms with van der Waals surface area (Å²) in [6.45, 7) is 2.68. The van der Waals surface area contributed by atoms with Gasteiger partial charge in [-0.1, -0.05) is 35.3 Å². The molecule has 1 saturated heterocycles. The first-order chi connectivity index (χ1) is 12.1. The first-order valence-corrected chi connectivity index (χ1v) is 8.81. The number of carbonyl (C=O) groups is 1. The van der Waals surface area contributed by atoms with Crippen LogP contribution in [0.1, 0.15) is 10.4 Å². The zero-order chi connectivity index (χ0) is 17.4. The lowest BCUT2D eigenvalue weighted by atomic mass is 10.2. The second-order valence-electron chi connectivity index (χ2n) is 5.98. The van der Waals surface area contributed by atoms with E-state index in [4.69, 9.17) is 23.2 Å². The van der Waals surface area contributed by atoms with E-state index >= 15 is 0 Å². The highest BCUT2D eigenvalue weighted by molar-refractivity contribution is 6.36. The summed E-state index contributed by atoms with van der Waals surface area (Å²) in [4.78, 5) is 24.6. The Morgan fingerprint density at radius 1 is 1.04 bits per heavy atom. The van der Waals surface area contributed by atoms with Crippen molar-refractivity contribution in [3.8, 4) is 0 Å². The van der Waals surface area contributed by atoms with E-state index < -0.39 is 0 Å². The normalized spacial score (nSPS) is 15.0. The van der Waals surface area contributed by atoms with E-state index in [-0.39, 0.29) is 5.91 Å². The number of halogens is 2. The maximum Gasteiger partial charge on any atom is 0.255 e. The van der Waals surface area contributed by atoms with Crippen molar-refractivity contribution >= 4 is 46.1 Å². The number of para-hydroxylation sites is 2. The molecule has 7 heteroatoms. The van der Waals surface area contributed by atoms with Gasteiger partial charge in [0.2, 0.25) is 5.95 Å². The van der Waals surface area contributed by atoms with E-state index in [1.165, 1.54) is 0 Å². The number of carbonyl (C=O) groups excluding carboxylic acids is 1. The predicted molar refractivity (Wildman–Crippen MR) is 101 cm³/mol. The van der Waals surface area contributed by atoms with E-state index in [2.05, 4.69) is 14.9 Å². The predicted octanol–water partition coefficient (Wildman–Crippen LogP) is 3.83. The number of imidazole rings is 1. The number of piperazine rings is 1. The average Bonchev–Trinajstić information content (AvgIpc) is 3.05. The largest absolute Gasteiger partial charge is 0.339 e. The monoisotopic (exact) mass is 374 g/mol. The molecule has 0 spiro atoms. The fraction of sp³-hybridized carbons (Fsp3) is 0.222. The number of aromatic amines is 1. The molecule has 0 unspecified atom stereocenters. The van der Waals surface area contributed by atoms with Crippen LogP contribution in [-0.4, -0.2) is 47.0 Å². The van der Waals surface area contributed by atoms with Crippen molar-refractivity contribution in [1.82, 2.24) is 14.9 Å². The molecule has 4 rings (SSSR count). The Morgan fingerprint density at radius 2 is 1.80 bits per heavy atom. The minimum absolute atomic E-state index is 0.0640. The zero-order valence-corrected chi connectivity index (χ0v) is 14.9. The van der Waals surface area contributed by atoms with Crippen LogP contribution in [0, 0.1) is 0 Å². The Morgan fingerprint density at radius 3 is 2.52 bits per heavy atom. The van der Waals surface area contributed by atoms with E-state index in [0.29, 0.717) is 28.7 Å². The van der Waals surface area contributed by atoms with Gasteiger partial charge in [0.05, 0.1) is 21.6 Å². The fourth-order valence-corrected chi connectivity index (χ4v) is 3.53. The molecule has 0 saturated carbocycles. The highest BCUT2D eigenvalue weighted by Crippen LogP contribution is 2.24. The molecule has 25 heavy (non-hydrogen) atoms. The highest BCUT2D eigenvalue weighted by Gasteiger charge is 2.25. The molecule has 5 nitrogen and oxygen atoms in total. The van der Waals surface area contributed by atoms with Crippen molar-refractivity contribution in [2.75, 3.05) is 31.1 Å². The lowest BCUT2D eigenvalue weighted by Gasteiger charge is -2.34. The zero-order valence-electron chi connectivity index (χ0n) is 13.4. The lowest BCUT2D eigenvalue weighted by molar-refractivity contribution is 0.0746. The molecule has 1 aromatic heterocycles. The maximum atomic E-state index is 12.7. The molecule has 1 aliphatic rings. The topological polar surface area (TPSA) is 52.2 Å². The number of hydrogen-bond acceptors (Lipinski definition) is 3. The molecule has 1 amide bonds. The molecule has 0 radical (unpaired) electrons. The molecule has 128 valence electrons. The molecule has 2 aromatic carbocycles. The number of nitrogens with one attached hydrogen (secondary N) is 1. The van der Waals surface area contributed by atoms with Crippen LogP contribution in [-0.2, 0) is 0 Å². The molecule has 2 heterocycles. The van der Waals surface area contributed by atoms with E-state index in [1.807, 2.05) is 29.2 Å². The van der Waals surface area contributed by atoms with Crippen LogP contribution in [0.2, 0.25) is 10.0 Å². The van der Waals surface area contributed by atoms with Crippen molar-refractivity contribution in [2.45, 2.75) is 0 Å². The van der Waals surface area contributed by atoms with E-state index in [9.17, 15) is 4.79 Å². The molecular weight excluding hydrogens is 359 g/mol. The summed E-state index contributed by atoms with van der Waals surface area (Å²) in [6.07, 6.45) is 0. The third kappa shape index (κ3) is 3.17. The van der Waals surface area contributed by atoms with Gasteiger partial charge in [0.25, 0.3) is 5.91 Å². The minimum atomic E-state index is -0.0640. The van der Waals surface area contributed by atoms with Crippen molar-refractivity contribution in [3.05, 3.63) is 58.1 Å². The SMILES string of the molecule is O=C(c1ccc(Cl)cc1Cl)N1CCN(c2nc3ccccc3[nH]2)CC1. The fourth-order valence-electron chi connectivity index (χ4n) is 3.04. The Labute approximate surface area is 155 Å². The second-order valence-corrected chi connectivity index (χ2v) is 6.82. The van der Waals surface area contributed by atoms with Gasteiger partial charge < -0.3 is 14.8 Å². The van der Waals surface area contributed by atoms with E-state index in [0.717, 1.165) is 30.1 Å². The number of benzene rings is 2. The Kier molecular flexibility index (Phi) is 4.27. The van der Waals surface area contributed by atoms with Crippen LogP contribution in [0.4, 0.5) is 5.95 Å². The summed E-state index contributed by atoms with van der Waals surface area (Å²) in [5.41, 5.74) is 2.45. The van der Waals surface area contributed by atoms with Crippen molar-refractivity contribution in [3.63, 3.8) is 0 Å². The van der Waals surface area contributed by atoms with Crippen molar-refractivity contribution < 1.29 is 4.79 Å². The maximum absolute atomic E-state index is 12.7. The molecule has 0 aliphatic carbocycles. The number of anilines is 1. The Balaban J connectivity index is 1.46. The van der Waals surface area contributed by atoms with Gasteiger partial charge in [-0.05, 0) is 30.3 Å². The van der Waals surface area contributed by atoms with Gasteiger partial charge in [-0.3, -0.25) is 4.79 Å². The smallest absolute Gasteiger partial charge is 0.255 e. The summed E-state index contributed by atoms with van der Waals surface area (Å²) >= 11 is 12.1. The van der Waals surface area contributed by atoms with Gasteiger partial charge in [0.15, 0.2) is 0 Å². The summed E-state index contributed by atoms with van der Waals surface area (Å²) in [7, 11) is 0. The van der Waals surface area contributed by atoms with E-state index in [1.54, 1.807) is 18.2 Å². The quantitative estimate of drug-likeness (QED) is 0.741. The number of hydrogen-bond donors (Lipinski definition) is 1. The number of aromatic nitrogens is 2. The molecule has 0 atom stereocenters. The summed E-state index contributed by atoms with van der Waals surface area (Å²) in [6, 6.07) is 12.9. The van der Waals surface area contributed by atoms with Crippen LogP contribution < -0.4 is 4.90 Å². The first-order valence-electron chi connectivity index (χ1n) is 8.06. The molecule has 1 fully saturated rings. The highest BCUT2D eigenvalue weighted by atomic mass is 35.5. The van der Waals surface area contributed by atoms with Gasteiger partial charge in [-0.25, -0.2) is 4.98 Å². The molecule has 3 aromatic rings. The Hall–Kier alpha value is -2.24. The molecule has 0 bridgehead atoms. The minimum Gasteiger partial charge on any atom is -0.339 e. The van der Waals surface area contributed by atoms with Crippen LogP contribution in [0.3, 0.4) is 0 Å². The van der Waals surface area contributed by atoms with Crippen molar-refractivity contribution in [1.29, 1.82) is 0 Å². The van der Waals surface area contributed by atoms with Gasteiger partial charge >= 0.3 is 0 Å². The number of nitrogens with zero attached hydrogens (tertiary/aromatic N) is 3. The number of amides is 1. The van der Waals surface area contributed by atoms with Gasteiger partial charge in [0, 0.05) is 31.2 Å². The van der Waals surface area contributed by atoms with Gasteiger partial charge in [-0.15, -0.1) is 0 Å². The van der Waals surface area contributed by atoms with Crippen LogP contribution in [0.15, 0.2) is 42.5 Å². The van der Waals surface area contributed by atoms with Crippen LogP contribution >= 0.6 is 23.2 Å². The number of fused-ring (bicyclic) bond motifs is 1. The summed E-state index contributed by atoms with van der Waals surface area (Å²) in [5.74, 6) is 0.781. The first kappa shape index (κ1) is 16.2. The summed E-state index contributed by atoms with van der Waals surface area (Å²) in [5, 5.41) is 0.911. The molecular formula is C18H16Cl2N4O. The number of rotatable bonds is 2. The van der Waals surface area contributed by atoms with Crippen molar-refractivity contribution in [2.24, 2.45) is 0 Å². The van der Waals surface area contributed by atoms with Gasteiger partial charge in [-0.2, -0.15) is 0 Å².